The Morgan fingerprint density at radius 2 is 1.46 bits per heavy atom. The molecule has 322 valence electrons. The molecule has 0 radical (unpaired) electrons. The van der Waals surface area contributed by atoms with E-state index in [0.717, 1.165) is 98.8 Å². The van der Waals surface area contributed by atoms with Crippen LogP contribution < -0.4 is 4.57 Å². The van der Waals surface area contributed by atoms with E-state index in [1.165, 1.54) is 59.7 Å². The quantitative estimate of drug-likeness (QED) is 0.107. The van der Waals surface area contributed by atoms with E-state index in [0.29, 0.717) is 5.71 Å². The standard InChI is InChI=1S/C59H58N4OSi/c1-6-53-46-24-16-15-23-45(46)47-27-25-43-26-28-48-49-29-32-52(50-30-31-51(42-19-9-7-10-20-42)60-56(50)44-21-11-8-12-22-44)61-59(49)64-58(48)55(43)54-38-41(37-40-17-13-14-18-40)33-34-62(54)39(2)57(47)63(53)35-36-65(3,4)5/h6-12,15-16,19-24,26,28-34,38,40,47,57H,1-2,13-14,17-18,25,27,35-37H2,3-5H3/q+2. The number of furan rings is 1. The number of pyridine rings is 3. The predicted molar refractivity (Wildman–Crippen MR) is 271 cm³/mol. The third-order valence-corrected chi connectivity index (χ3v) is 16.2. The Bertz CT molecular complexity index is 3170. The number of fused-ring (bicyclic) bond motifs is 10. The lowest BCUT2D eigenvalue weighted by molar-refractivity contribution is -0.622. The van der Waals surface area contributed by atoms with E-state index in [1.54, 1.807) is 0 Å². The van der Waals surface area contributed by atoms with E-state index in [-0.39, 0.29) is 12.0 Å². The molecule has 2 atom stereocenters. The fourth-order valence-electron chi connectivity index (χ4n) is 11.2. The van der Waals surface area contributed by atoms with Crippen molar-refractivity contribution < 1.29 is 13.6 Å². The van der Waals surface area contributed by atoms with Crippen LogP contribution >= 0.6 is 0 Å². The molecule has 1 saturated carbocycles. The van der Waals surface area contributed by atoms with Gasteiger partial charge in [0.1, 0.15) is 6.54 Å². The minimum absolute atomic E-state index is 0.0593. The number of hydrogen-bond donors (Lipinski definition) is 0. The zero-order chi connectivity index (χ0) is 44.2. The van der Waals surface area contributed by atoms with Crippen molar-refractivity contribution in [2.24, 2.45) is 5.92 Å². The third-order valence-electron chi connectivity index (χ3n) is 14.5. The summed E-state index contributed by atoms with van der Waals surface area (Å²) >= 11 is 0. The van der Waals surface area contributed by atoms with Crippen LogP contribution in [0.25, 0.3) is 72.8 Å². The molecule has 11 rings (SSSR count). The Hall–Kier alpha value is -6.50. The second kappa shape index (κ2) is 16.8. The van der Waals surface area contributed by atoms with Crippen LogP contribution in [-0.2, 0) is 12.8 Å². The van der Waals surface area contributed by atoms with E-state index >= 15 is 0 Å². The minimum Gasteiger partial charge on any atom is -0.437 e. The lowest BCUT2D eigenvalue weighted by Gasteiger charge is -2.32. The van der Waals surface area contributed by atoms with Gasteiger partial charge in [-0.3, -0.25) is 0 Å². The van der Waals surface area contributed by atoms with E-state index in [9.17, 15) is 0 Å². The fraction of sp³-hybridized carbons (Fsp3) is 0.254. The number of aromatic nitrogens is 3. The molecular weight excluding hydrogens is 809 g/mol. The molecular formula is C59H58N4OSi+2. The van der Waals surface area contributed by atoms with Gasteiger partial charge in [0.15, 0.2) is 11.8 Å². The van der Waals surface area contributed by atoms with E-state index in [1.807, 2.05) is 12.1 Å². The third kappa shape index (κ3) is 7.61. The summed E-state index contributed by atoms with van der Waals surface area (Å²) in [6, 6.07) is 49.2. The molecule has 5 nitrogen and oxygen atoms in total. The number of allylic oxidation sites excluding steroid dienone is 1. The van der Waals surface area contributed by atoms with Crippen LogP contribution in [0.15, 0.2) is 163 Å². The van der Waals surface area contributed by atoms with Gasteiger partial charge >= 0.3 is 0 Å². The number of aryl methyl sites for hydroxylation is 1. The summed E-state index contributed by atoms with van der Waals surface area (Å²) in [6.07, 6.45) is 12.7. The van der Waals surface area contributed by atoms with Gasteiger partial charge in [0.2, 0.25) is 28.9 Å². The van der Waals surface area contributed by atoms with Gasteiger partial charge in [0, 0.05) is 57.3 Å². The van der Waals surface area contributed by atoms with Crippen molar-refractivity contribution in [3.63, 3.8) is 0 Å². The van der Waals surface area contributed by atoms with Crippen LogP contribution in [0.2, 0.25) is 25.7 Å². The molecule has 4 aromatic carbocycles. The molecule has 6 heteroatoms. The van der Waals surface area contributed by atoms with E-state index in [2.05, 4.69) is 169 Å². The maximum Gasteiger partial charge on any atom is 0.249 e. The van der Waals surface area contributed by atoms with Crippen LogP contribution in [0, 0.1) is 5.92 Å². The second-order valence-corrected chi connectivity index (χ2v) is 25.5. The van der Waals surface area contributed by atoms with Gasteiger partial charge in [-0.05, 0) is 78.8 Å². The zero-order valence-electron chi connectivity index (χ0n) is 38.1. The van der Waals surface area contributed by atoms with Gasteiger partial charge in [-0.2, -0.15) is 4.57 Å². The van der Waals surface area contributed by atoms with Crippen LogP contribution in [0.3, 0.4) is 0 Å². The molecule has 2 aliphatic heterocycles. The lowest BCUT2D eigenvalue weighted by atomic mass is 9.78. The van der Waals surface area contributed by atoms with Crippen molar-refractivity contribution in [1.82, 2.24) is 9.97 Å². The number of rotatable bonds is 9. The average Bonchev–Trinajstić information content (AvgIpc) is 4.00. The van der Waals surface area contributed by atoms with Crippen molar-refractivity contribution in [1.29, 1.82) is 0 Å². The van der Waals surface area contributed by atoms with Crippen LogP contribution in [0.4, 0.5) is 0 Å². The summed E-state index contributed by atoms with van der Waals surface area (Å²) in [5, 5.41) is 2.09. The first-order valence-electron chi connectivity index (χ1n) is 23.8. The van der Waals surface area contributed by atoms with Crippen molar-refractivity contribution in [2.45, 2.75) is 82.6 Å². The Morgan fingerprint density at radius 3 is 2.23 bits per heavy atom. The molecule has 3 aliphatic rings. The highest BCUT2D eigenvalue weighted by molar-refractivity contribution is 6.76. The molecule has 6 heterocycles. The molecule has 4 aromatic heterocycles. The molecule has 2 unspecified atom stereocenters. The first-order chi connectivity index (χ1) is 31.7. The Labute approximate surface area is 384 Å². The minimum atomic E-state index is -1.39. The van der Waals surface area contributed by atoms with Gasteiger partial charge in [0.05, 0.1) is 36.6 Å². The molecule has 0 spiro atoms. The van der Waals surface area contributed by atoms with E-state index < -0.39 is 8.07 Å². The highest BCUT2D eigenvalue weighted by Gasteiger charge is 2.48. The molecule has 0 N–H and O–H groups in total. The zero-order valence-corrected chi connectivity index (χ0v) is 39.1. The largest absolute Gasteiger partial charge is 0.437 e. The van der Waals surface area contributed by atoms with Crippen molar-refractivity contribution >= 4 is 41.6 Å². The topological polar surface area (TPSA) is 45.8 Å². The normalized spacial score (nSPS) is 17.6. The average molecular weight is 867 g/mol. The summed E-state index contributed by atoms with van der Waals surface area (Å²) in [5.74, 6) is 0.963. The summed E-state index contributed by atoms with van der Waals surface area (Å²) in [5.41, 5.74) is 17.3. The highest BCUT2D eigenvalue weighted by Crippen LogP contribution is 2.44. The molecule has 1 fully saturated rings. The van der Waals surface area contributed by atoms with Gasteiger partial charge in [-0.1, -0.05) is 143 Å². The van der Waals surface area contributed by atoms with Crippen LogP contribution in [-0.4, -0.2) is 40.9 Å². The Balaban J connectivity index is 1.10. The number of nitrogens with zero attached hydrogens (tertiary/aromatic N) is 4. The number of benzene rings is 4. The maximum absolute atomic E-state index is 7.16. The maximum atomic E-state index is 7.16. The first-order valence-corrected chi connectivity index (χ1v) is 27.5. The Kier molecular flexibility index (Phi) is 10.7. The van der Waals surface area contributed by atoms with Crippen molar-refractivity contribution in [3.8, 4) is 45.0 Å². The van der Waals surface area contributed by atoms with E-state index in [4.69, 9.17) is 21.0 Å². The highest BCUT2D eigenvalue weighted by atomic mass is 28.3. The Morgan fingerprint density at radius 1 is 0.738 bits per heavy atom. The second-order valence-electron chi connectivity index (χ2n) is 19.9. The van der Waals surface area contributed by atoms with Gasteiger partial charge < -0.3 is 4.42 Å². The van der Waals surface area contributed by atoms with Gasteiger partial charge in [0.25, 0.3) is 0 Å². The van der Waals surface area contributed by atoms with Crippen LogP contribution in [0.5, 0.6) is 0 Å². The number of hydrogen-bond acceptors (Lipinski definition) is 3. The van der Waals surface area contributed by atoms with Crippen molar-refractivity contribution in [2.75, 3.05) is 6.54 Å². The SMILES string of the molecule is C=CC1=[N+](CC[Si](C)(C)C)C2C(=C)[n+]3ccc(CC4CCCC4)cc3-c3c(ccc4c3oc3nc(-c5ccc(-c6ccccc6)nc5-c5ccccc5)ccc34)CCC2c2ccccc21. The molecule has 0 saturated heterocycles. The predicted octanol–water partition coefficient (Wildman–Crippen LogP) is 14.0. The molecule has 1 aliphatic carbocycles. The van der Waals surface area contributed by atoms with Crippen LogP contribution in [0.1, 0.15) is 60.3 Å². The van der Waals surface area contributed by atoms with Gasteiger partial charge in [-0.15, -0.1) is 0 Å². The molecule has 0 amide bonds. The summed E-state index contributed by atoms with van der Waals surface area (Å²) in [6.45, 7) is 17.9. The molecule has 8 aromatic rings. The van der Waals surface area contributed by atoms with Gasteiger partial charge in [-0.25, -0.2) is 14.5 Å². The summed E-state index contributed by atoms with van der Waals surface area (Å²) < 4.78 is 12.3. The first kappa shape index (κ1) is 41.2. The lowest BCUT2D eigenvalue weighted by Crippen LogP contribution is -2.50. The summed E-state index contributed by atoms with van der Waals surface area (Å²) in [4.78, 5) is 10.6. The molecule has 0 bridgehead atoms. The molecule has 65 heavy (non-hydrogen) atoms. The smallest absolute Gasteiger partial charge is 0.249 e. The fourth-order valence-corrected chi connectivity index (χ4v) is 12.1. The monoisotopic (exact) mass is 866 g/mol. The summed E-state index contributed by atoms with van der Waals surface area (Å²) in [7, 11) is -1.39. The van der Waals surface area contributed by atoms with Crippen molar-refractivity contribution in [3.05, 3.63) is 181 Å².